The minimum Gasteiger partial charge on any atom is -0.453 e. The van der Waals surface area contributed by atoms with Gasteiger partial charge in [-0.15, -0.1) is 0 Å². The molecular formula is C28H38ClN3O5. The number of likely N-dealkylation sites (N-methyl/N-ethyl adjacent to an activating group) is 1. The second-order valence-corrected chi connectivity index (χ2v) is 9.75. The number of halogens is 1. The van der Waals surface area contributed by atoms with Gasteiger partial charge < -0.3 is 30.2 Å². The average Bonchev–Trinajstić information content (AvgIpc) is 2.92. The van der Waals surface area contributed by atoms with E-state index >= 15 is 0 Å². The molecule has 2 aromatic rings. The number of carbonyl (C=O) groups is 2. The third-order valence-electron chi connectivity index (χ3n) is 6.61. The molecule has 0 saturated carbocycles. The summed E-state index contributed by atoms with van der Waals surface area (Å²) in [7, 11) is 3.24. The molecule has 1 fully saturated rings. The van der Waals surface area contributed by atoms with Crippen molar-refractivity contribution in [3.05, 3.63) is 69.7 Å². The number of alkyl carbamates (subject to hydrolysis) is 1. The molecule has 37 heavy (non-hydrogen) atoms. The van der Waals surface area contributed by atoms with E-state index in [9.17, 15) is 9.59 Å². The van der Waals surface area contributed by atoms with E-state index in [2.05, 4.69) is 20.7 Å². The highest BCUT2D eigenvalue weighted by atomic mass is 35.5. The standard InChI is InChI=1S/C28H38ClN3O5/c1-19-9-10-23(29)16-25(19)26(37-13-11-31-28(34)35-3)21-7-4-8-22(15-21)27(33)32-17-24(30-2)14-20-6-5-12-36-18-20/h4,7-10,15-16,20,24,26,30H,5-6,11-14,17-18H2,1-3H3,(H,31,34)(H,32,33)/t20-,24+,26-/m1/s1. The summed E-state index contributed by atoms with van der Waals surface area (Å²) >= 11 is 6.30. The van der Waals surface area contributed by atoms with E-state index in [4.69, 9.17) is 21.1 Å². The topological polar surface area (TPSA) is 97.9 Å². The number of benzene rings is 2. The largest absolute Gasteiger partial charge is 0.453 e. The number of hydrogen-bond donors (Lipinski definition) is 3. The first kappa shape index (κ1) is 28.9. The molecule has 3 atom stereocenters. The third-order valence-corrected chi connectivity index (χ3v) is 6.84. The molecule has 8 nitrogen and oxygen atoms in total. The van der Waals surface area contributed by atoms with Gasteiger partial charge in [0.15, 0.2) is 0 Å². The van der Waals surface area contributed by atoms with Crippen LogP contribution in [0.5, 0.6) is 0 Å². The van der Waals surface area contributed by atoms with Crippen LogP contribution in [0.2, 0.25) is 5.02 Å². The maximum absolute atomic E-state index is 13.1. The fourth-order valence-electron chi connectivity index (χ4n) is 4.52. The average molecular weight is 532 g/mol. The fraction of sp³-hybridized carbons (Fsp3) is 0.500. The number of hydrogen-bond acceptors (Lipinski definition) is 6. The molecule has 3 rings (SSSR count). The van der Waals surface area contributed by atoms with Gasteiger partial charge in [0.25, 0.3) is 5.91 Å². The number of rotatable bonds is 12. The monoisotopic (exact) mass is 531 g/mol. The first-order valence-electron chi connectivity index (χ1n) is 12.7. The zero-order chi connectivity index (χ0) is 26.6. The zero-order valence-corrected chi connectivity index (χ0v) is 22.6. The van der Waals surface area contributed by atoms with E-state index in [1.807, 2.05) is 50.4 Å². The van der Waals surface area contributed by atoms with E-state index in [0.29, 0.717) is 23.0 Å². The molecule has 1 aliphatic heterocycles. The van der Waals surface area contributed by atoms with Crippen molar-refractivity contribution < 1.29 is 23.8 Å². The van der Waals surface area contributed by atoms with Crippen LogP contribution in [0, 0.1) is 12.8 Å². The van der Waals surface area contributed by atoms with Crippen molar-refractivity contribution in [2.24, 2.45) is 5.92 Å². The van der Waals surface area contributed by atoms with Crippen LogP contribution in [0.25, 0.3) is 0 Å². The summed E-state index contributed by atoms with van der Waals surface area (Å²) < 4.78 is 16.4. The Hall–Kier alpha value is -2.65. The van der Waals surface area contributed by atoms with Crippen molar-refractivity contribution in [1.82, 2.24) is 16.0 Å². The van der Waals surface area contributed by atoms with Crippen LogP contribution in [0.3, 0.4) is 0 Å². The van der Waals surface area contributed by atoms with Crippen molar-refractivity contribution >= 4 is 23.6 Å². The molecule has 0 bridgehead atoms. The predicted molar refractivity (Wildman–Crippen MR) is 144 cm³/mol. The Morgan fingerprint density at radius 1 is 1.19 bits per heavy atom. The van der Waals surface area contributed by atoms with E-state index in [1.54, 1.807) is 6.07 Å². The van der Waals surface area contributed by atoms with Crippen LogP contribution in [-0.4, -0.2) is 65.1 Å². The number of carbonyl (C=O) groups excluding carboxylic acids is 2. The molecule has 0 radical (unpaired) electrons. The molecule has 0 aliphatic carbocycles. The molecule has 1 heterocycles. The maximum atomic E-state index is 13.1. The highest BCUT2D eigenvalue weighted by Gasteiger charge is 2.21. The molecule has 2 aromatic carbocycles. The van der Waals surface area contributed by atoms with Gasteiger partial charge >= 0.3 is 6.09 Å². The Bertz CT molecular complexity index is 1030. The lowest BCUT2D eigenvalue weighted by molar-refractivity contribution is 0.0478. The van der Waals surface area contributed by atoms with Crippen LogP contribution in [0.4, 0.5) is 4.79 Å². The summed E-state index contributed by atoms with van der Waals surface area (Å²) in [5.74, 6) is 0.370. The van der Waals surface area contributed by atoms with Crippen LogP contribution < -0.4 is 16.0 Å². The van der Waals surface area contributed by atoms with Crippen LogP contribution in [-0.2, 0) is 14.2 Å². The smallest absolute Gasteiger partial charge is 0.406 e. The van der Waals surface area contributed by atoms with Crippen molar-refractivity contribution in [2.75, 3.05) is 47.1 Å². The number of methoxy groups -OCH3 is 1. The molecule has 1 saturated heterocycles. The molecule has 0 unspecified atom stereocenters. The minimum atomic E-state index is -0.520. The first-order chi connectivity index (χ1) is 17.9. The Morgan fingerprint density at radius 2 is 2.03 bits per heavy atom. The molecular weight excluding hydrogens is 494 g/mol. The third kappa shape index (κ3) is 9.00. The molecule has 3 N–H and O–H groups in total. The molecule has 1 aliphatic rings. The summed E-state index contributed by atoms with van der Waals surface area (Å²) in [6, 6.07) is 13.2. The Labute approximate surface area is 224 Å². The SMILES string of the molecule is CN[C@H](CNC(=O)c1cccc([C@@H](OCCNC(=O)OC)c2cc(Cl)ccc2C)c1)C[C@H]1CCCOC1. The maximum Gasteiger partial charge on any atom is 0.406 e. The first-order valence-corrected chi connectivity index (χ1v) is 13.1. The van der Waals surface area contributed by atoms with Gasteiger partial charge in [-0.3, -0.25) is 4.79 Å². The van der Waals surface area contributed by atoms with Gasteiger partial charge in [-0.25, -0.2) is 4.79 Å². The van der Waals surface area contributed by atoms with Gasteiger partial charge in [0.2, 0.25) is 0 Å². The van der Waals surface area contributed by atoms with Gasteiger partial charge in [-0.1, -0.05) is 29.8 Å². The number of nitrogens with one attached hydrogen (secondary N) is 3. The lowest BCUT2D eigenvalue weighted by Crippen LogP contribution is -2.41. The van der Waals surface area contributed by atoms with Gasteiger partial charge in [0.1, 0.15) is 6.10 Å². The number of aryl methyl sites for hydroxylation is 1. The molecule has 202 valence electrons. The highest BCUT2D eigenvalue weighted by molar-refractivity contribution is 6.30. The second kappa shape index (κ2) is 14.9. The molecule has 0 aromatic heterocycles. The van der Waals surface area contributed by atoms with Crippen molar-refractivity contribution in [2.45, 2.75) is 38.3 Å². The van der Waals surface area contributed by atoms with E-state index in [1.165, 1.54) is 7.11 Å². The highest BCUT2D eigenvalue weighted by Crippen LogP contribution is 2.31. The van der Waals surface area contributed by atoms with Crippen molar-refractivity contribution in [3.8, 4) is 0 Å². The molecule has 2 amide bonds. The van der Waals surface area contributed by atoms with Crippen LogP contribution in [0.1, 0.15) is 52.4 Å². The lowest BCUT2D eigenvalue weighted by atomic mass is 9.94. The Kier molecular flexibility index (Phi) is 11.7. The predicted octanol–water partition coefficient (Wildman–Crippen LogP) is 4.24. The Balaban J connectivity index is 1.70. The quantitative estimate of drug-likeness (QED) is 0.354. The Morgan fingerprint density at radius 3 is 2.76 bits per heavy atom. The van der Waals surface area contributed by atoms with Crippen LogP contribution in [0.15, 0.2) is 42.5 Å². The van der Waals surface area contributed by atoms with Crippen molar-refractivity contribution in [1.29, 1.82) is 0 Å². The van der Waals surface area contributed by atoms with Gasteiger partial charge in [0, 0.05) is 42.9 Å². The molecule has 9 heteroatoms. The number of amides is 2. The van der Waals surface area contributed by atoms with E-state index in [-0.39, 0.29) is 25.1 Å². The van der Waals surface area contributed by atoms with Gasteiger partial charge in [-0.2, -0.15) is 0 Å². The molecule has 0 spiro atoms. The van der Waals surface area contributed by atoms with Crippen LogP contribution >= 0.6 is 11.6 Å². The van der Waals surface area contributed by atoms with Gasteiger partial charge in [-0.05, 0) is 80.1 Å². The zero-order valence-electron chi connectivity index (χ0n) is 21.8. The minimum absolute atomic E-state index is 0.143. The normalized spacial score (nSPS) is 17.0. The summed E-state index contributed by atoms with van der Waals surface area (Å²) in [6.07, 6.45) is 2.22. The fourth-order valence-corrected chi connectivity index (χ4v) is 4.70. The summed E-state index contributed by atoms with van der Waals surface area (Å²) in [5, 5.41) is 9.60. The van der Waals surface area contributed by atoms with Crippen molar-refractivity contribution in [3.63, 3.8) is 0 Å². The van der Waals surface area contributed by atoms with E-state index in [0.717, 1.165) is 49.2 Å². The summed E-state index contributed by atoms with van der Waals surface area (Å²) in [4.78, 5) is 24.5. The summed E-state index contributed by atoms with van der Waals surface area (Å²) in [6.45, 7) is 4.67. The summed E-state index contributed by atoms with van der Waals surface area (Å²) in [5.41, 5.74) is 3.27. The van der Waals surface area contributed by atoms with E-state index < -0.39 is 12.2 Å². The van der Waals surface area contributed by atoms with Gasteiger partial charge in [0.05, 0.1) is 13.7 Å². The lowest BCUT2D eigenvalue weighted by Gasteiger charge is -2.26. The second-order valence-electron chi connectivity index (χ2n) is 9.31. The number of ether oxygens (including phenoxy) is 3.